The highest BCUT2D eigenvalue weighted by atomic mass is 16.1. The molecular formula is C21H22N4O. The summed E-state index contributed by atoms with van der Waals surface area (Å²) in [5, 5.41) is 3.12. The van der Waals surface area contributed by atoms with Crippen LogP contribution in [-0.4, -0.2) is 20.4 Å². The van der Waals surface area contributed by atoms with Gasteiger partial charge in [-0.3, -0.25) is 9.36 Å². The average Bonchev–Trinajstić information content (AvgIpc) is 3.11. The largest absolute Gasteiger partial charge is 0.351 e. The fourth-order valence-corrected chi connectivity index (χ4v) is 3.72. The van der Waals surface area contributed by atoms with E-state index in [-0.39, 0.29) is 11.8 Å². The van der Waals surface area contributed by atoms with Crippen molar-refractivity contribution >= 4 is 5.91 Å². The first-order valence-electron chi connectivity index (χ1n) is 9.04. The first kappa shape index (κ1) is 16.5. The smallest absolute Gasteiger partial charge is 0.227 e. The average molecular weight is 346 g/mol. The Morgan fingerprint density at radius 2 is 2.08 bits per heavy atom. The summed E-state index contributed by atoms with van der Waals surface area (Å²) in [6.07, 6.45) is 8.43. The number of amides is 1. The fraction of sp³-hybridized carbons (Fsp3) is 0.286. The predicted molar refractivity (Wildman–Crippen MR) is 100 cm³/mol. The van der Waals surface area contributed by atoms with Gasteiger partial charge in [0, 0.05) is 30.7 Å². The summed E-state index contributed by atoms with van der Waals surface area (Å²) in [6.45, 7) is 2.40. The number of nitrogens with one attached hydrogen (secondary N) is 1. The Morgan fingerprint density at radius 3 is 2.92 bits per heavy atom. The molecule has 3 aromatic rings. The van der Waals surface area contributed by atoms with Gasteiger partial charge in [-0.05, 0) is 43.4 Å². The number of carbonyl (C=O) groups is 1. The maximum absolute atomic E-state index is 12.8. The second-order valence-electron chi connectivity index (χ2n) is 6.69. The zero-order chi connectivity index (χ0) is 17.9. The normalized spacial score (nSPS) is 16.1. The molecular weight excluding hydrogens is 324 g/mol. The molecule has 132 valence electrons. The third-order valence-corrected chi connectivity index (χ3v) is 5.06. The minimum atomic E-state index is -0.0601. The number of fused-ring (bicyclic) bond motifs is 1. The minimum Gasteiger partial charge on any atom is -0.351 e. The summed E-state index contributed by atoms with van der Waals surface area (Å²) in [5.74, 6) is 1.72. The van der Waals surface area contributed by atoms with Crippen LogP contribution in [0.4, 0.5) is 0 Å². The van der Waals surface area contributed by atoms with E-state index in [9.17, 15) is 4.79 Å². The molecule has 0 aliphatic heterocycles. The number of benzene rings is 1. The van der Waals surface area contributed by atoms with E-state index in [0.29, 0.717) is 6.54 Å². The van der Waals surface area contributed by atoms with Crippen molar-refractivity contribution in [3.05, 3.63) is 77.5 Å². The van der Waals surface area contributed by atoms with E-state index < -0.39 is 0 Å². The maximum atomic E-state index is 12.8. The van der Waals surface area contributed by atoms with Crippen molar-refractivity contribution in [3.8, 4) is 5.82 Å². The minimum absolute atomic E-state index is 0.0601. The molecule has 1 atom stereocenters. The summed E-state index contributed by atoms with van der Waals surface area (Å²) < 4.78 is 1.94. The monoisotopic (exact) mass is 346 g/mol. The SMILES string of the molecule is Cc1nccn1-c1ncccc1CNC(=O)[C@@H]1CCCc2ccccc21. The molecule has 4 rings (SSSR count). The Balaban J connectivity index is 1.52. The highest BCUT2D eigenvalue weighted by Crippen LogP contribution is 2.31. The highest BCUT2D eigenvalue weighted by Gasteiger charge is 2.26. The van der Waals surface area contributed by atoms with E-state index in [1.54, 1.807) is 12.4 Å². The Morgan fingerprint density at radius 1 is 1.19 bits per heavy atom. The van der Waals surface area contributed by atoms with Crippen LogP contribution in [0.3, 0.4) is 0 Å². The van der Waals surface area contributed by atoms with Crippen molar-refractivity contribution < 1.29 is 4.79 Å². The van der Waals surface area contributed by atoms with E-state index in [2.05, 4.69) is 33.5 Å². The molecule has 5 heteroatoms. The molecule has 26 heavy (non-hydrogen) atoms. The van der Waals surface area contributed by atoms with Gasteiger partial charge in [-0.1, -0.05) is 30.3 Å². The van der Waals surface area contributed by atoms with Crippen molar-refractivity contribution in [2.24, 2.45) is 0 Å². The summed E-state index contributed by atoms with van der Waals surface area (Å²) in [5.41, 5.74) is 3.45. The van der Waals surface area contributed by atoms with Crippen molar-refractivity contribution in [2.45, 2.75) is 38.6 Å². The number of hydrogen-bond acceptors (Lipinski definition) is 3. The van der Waals surface area contributed by atoms with Gasteiger partial charge < -0.3 is 5.32 Å². The van der Waals surface area contributed by atoms with Crippen molar-refractivity contribution in [1.29, 1.82) is 0 Å². The molecule has 0 spiro atoms. The fourth-order valence-electron chi connectivity index (χ4n) is 3.72. The van der Waals surface area contributed by atoms with Gasteiger partial charge in [-0.25, -0.2) is 9.97 Å². The van der Waals surface area contributed by atoms with Crippen LogP contribution in [0.5, 0.6) is 0 Å². The molecule has 1 N–H and O–H groups in total. The second-order valence-corrected chi connectivity index (χ2v) is 6.69. The molecule has 0 saturated carbocycles. The van der Waals surface area contributed by atoms with Gasteiger partial charge in [0.05, 0.1) is 5.92 Å². The zero-order valence-corrected chi connectivity index (χ0v) is 14.9. The van der Waals surface area contributed by atoms with Crippen molar-refractivity contribution in [3.63, 3.8) is 0 Å². The molecule has 1 aliphatic rings. The van der Waals surface area contributed by atoms with Gasteiger partial charge in [0.15, 0.2) is 0 Å². The molecule has 0 saturated heterocycles. The molecule has 1 aliphatic carbocycles. The van der Waals surface area contributed by atoms with Gasteiger partial charge in [-0.2, -0.15) is 0 Å². The Kier molecular flexibility index (Phi) is 4.52. The quantitative estimate of drug-likeness (QED) is 0.788. The number of pyridine rings is 1. The van der Waals surface area contributed by atoms with Crippen molar-refractivity contribution in [1.82, 2.24) is 19.9 Å². The van der Waals surface area contributed by atoms with Crippen LogP contribution >= 0.6 is 0 Å². The van der Waals surface area contributed by atoms with E-state index in [1.807, 2.05) is 35.9 Å². The van der Waals surface area contributed by atoms with Crippen LogP contribution in [-0.2, 0) is 17.8 Å². The van der Waals surface area contributed by atoms with E-state index in [4.69, 9.17) is 0 Å². The Hall–Kier alpha value is -2.95. The zero-order valence-electron chi connectivity index (χ0n) is 14.9. The van der Waals surface area contributed by atoms with Gasteiger partial charge in [0.25, 0.3) is 0 Å². The number of hydrogen-bond donors (Lipinski definition) is 1. The summed E-state index contributed by atoms with van der Waals surface area (Å²) in [6, 6.07) is 12.2. The lowest BCUT2D eigenvalue weighted by Gasteiger charge is -2.24. The van der Waals surface area contributed by atoms with Crippen LogP contribution in [0.25, 0.3) is 5.82 Å². The predicted octanol–water partition coefficient (Wildman–Crippen LogP) is 3.31. The van der Waals surface area contributed by atoms with Crippen LogP contribution in [0, 0.1) is 6.92 Å². The molecule has 2 aromatic heterocycles. The highest BCUT2D eigenvalue weighted by molar-refractivity contribution is 5.84. The lowest BCUT2D eigenvalue weighted by atomic mass is 9.82. The standard InChI is InChI=1S/C21H22N4O/c1-15-22-12-13-25(15)20-17(8-5-11-23-20)14-24-21(26)19-10-4-7-16-6-2-3-9-18(16)19/h2-3,5-6,8-9,11-13,19H,4,7,10,14H2,1H3,(H,24,26)/t19-/m1/s1. The third kappa shape index (κ3) is 3.12. The van der Waals surface area contributed by atoms with Gasteiger partial charge in [0.1, 0.15) is 11.6 Å². The summed E-state index contributed by atoms with van der Waals surface area (Å²) in [4.78, 5) is 21.6. The van der Waals surface area contributed by atoms with E-state index in [0.717, 1.165) is 36.5 Å². The molecule has 2 heterocycles. The topological polar surface area (TPSA) is 59.8 Å². The summed E-state index contributed by atoms with van der Waals surface area (Å²) in [7, 11) is 0. The first-order chi connectivity index (χ1) is 12.7. The number of imidazole rings is 1. The van der Waals surface area contributed by atoms with E-state index in [1.165, 1.54) is 11.1 Å². The Labute approximate surface area is 153 Å². The maximum Gasteiger partial charge on any atom is 0.227 e. The van der Waals surface area contributed by atoms with Gasteiger partial charge in [0.2, 0.25) is 5.91 Å². The van der Waals surface area contributed by atoms with Crippen LogP contribution in [0.2, 0.25) is 0 Å². The molecule has 1 amide bonds. The number of nitrogens with zero attached hydrogens (tertiary/aromatic N) is 3. The molecule has 0 unspecified atom stereocenters. The molecule has 5 nitrogen and oxygen atoms in total. The summed E-state index contributed by atoms with van der Waals surface area (Å²) >= 11 is 0. The lowest BCUT2D eigenvalue weighted by molar-refractivity contribution is -0.123. The first-order valence-corrected chi connectivity index (χ1v) is 9.04. The van der Waals surface area contributed by atoms with Crippen molar-refractivity contribution in [2.75, 3.05) is 0 Å². The number of carbonyl (C=O) groups excluding carboxylic acids is 1. The van der Waals surface area contributed by atoms with Gasteiger partial charge >= 0.3 is 0 Å². The number of aryl methyl sites for hydroxylation is 2. The molecule has 1 aromatic carbocycles. The molecule has 0 bridgehead atoms. The lowest BCUT2D eigenvalue weighted by Crippen LogP contribution is -2.31. The molecule has 0 fully saturated rings. The van der Waals surface area contributed by atoms with Crippen LogP contribution in [0.15, 0.2) is 55.0 Å². The van der Waals surface area contributed by atoms with Gasteiger partial charge in [-0.15, -0.1) is 0 Å². The second kappa shape index (κ2) is 7.12. The number of aromatic nitrogens is 3. The Bertz CT molecular complexity index is 931. The number of rotatable bonds is 4. The van der Waals surface area contributed by atoms with Crippen LogP contribution in [0.1, 0.15) is 41.3 Å². The van der Waals surface area contributed by atoms with Crippen LogP contribution < -0.4 is 5.32 Å². The third-order valence-electron chi connectivity index (χ3n) is 5.06. The van der Waals surface area contributed by atoms with E-state index >= 15 is 0 Å². The molecule has 0 radical (unpaired) electrons.